The molecule has 2 aliphatic heterocycles. The van der Waals surface area contributed by atoms with Crippen LogP contribution < -0.4 is 5.32 Å². The molecule has 0 unspecified atom stereocenters. The number of hydrogen-bond acceptors (Lipinski definition) is 5. The molecule has 4 heterocycles. The summed E-state index contributed by atoms with van der Waals surface area (Å²) in [7, 11) is 0. The Morgan fingerprint density at radius 1 is 1.36 bits per heavy atom. The summed E-state index contributed by atoms with van der Waals surface area (Å²) in [5, 5.41) is 13.5. The molecule has 118 valence electrons. The van der Waals surface area contributed by atoms with Gasteiger partial charge in [0.25, 0.3) is 5.91 Å². The van der Waals surface area contributed by atoms with Crippen LogP contribution in [0.25, 0.3) is 0 Å². The maximum atomic E-state index is 12.5. The zero-order valence-electron chi connectivity index (χ0n) is 12.0. The van der Waals surface area contributed by atoms with Crippen LogP contribution in [0.3, 0.4) is 0 Å². The minimum absolute atomic E-state index is 0. The Hall–Kier alpha value is -1.44. The van der Waals surface area contributed by atoms with Gasteiger partial charge in [0.15, 0.2) is 5.69 Å². The SMILES string of the molecule is Cl.O=C(c1cn(Cc2cccs2)nn1)N1C[C@H]2CNC[C@H]2C1. The number of carbonyl (C=O) groups is 1. The molecule has 6 nitrogen and oxygen atoms in total. The van der Waals surface area contributed by atoms with Gasteiger partial charge in [0.2, 0.25) is 0 Å². The van der Waals surface area contributed by atoms with Gasteiger partial charge in [0.05, 0.1) is 12.7 Å². The lowest BCUT2D eigenvalue weighted by atomic mass is 10.0. The van der Waals surface area contributed by atoms with E-state index in [4.69, 9.17) is 0 Å². The average Bonchev–Trinajstić information content (AvgIpc) is 3.22. The molecule has 22 heavy (non-hydrogen) atoms. The molecular weight excluding hydrogens is 322 g/mol. The molecule has 0 aliphatic carbocycles. The van der Waals surface area contributed by atoms with Gasteiger partial charge in [-0.2, -0.15) is 0 Å². The molecule has 8 heteroatoms. The predicted molar refractivity (Wildman–Crippen MR) is 86.4 cm³/mol. The highest BCUT2D eigenvalue weighted by Gasteiger charge is 2.38. The summed E-state index contributed by atoms with van der Waals surface area (Å²) in [4.78, 5) is 15.6. The molecule has 2 atom stereocenters. The molecule has 0 saturated carbocycles. The van der Waals surface area contributed by atoms with E-state index in [-0.39, 0.29) is 18.3 Å². The third kappa shape index (κ3) is 2.88. The van der Waals surface area contributed by atoms with E-state index in [1.807, 2.05) is 16.3 Å². The molecule has 2 aromatic rings. The minimum Gasteiger partial charge on any atom is -0.337 e. The van der Waals surface area contributed by atoms with Crippen molar-refractivity contribution in [1.82, 2.24) is 25.2 Å². The number of rotatable bonds is 3. The van der Waals surface area contributed by atoms with Gasteiger partial charge in [-0.25, -0.2) is 4.68 Å². The molecule has 2 fully saturated rings. The van der Waals surface area contributed by atoms with Crippen molar-refractivity contribution in [2.45, 2.75) is 6.54 Å². The monoisotopic (exact) mass is 339 g/mol. The Balaban J connectivity index is 0.00000144. The zero-order chi connectivity index (χ0) is 14.2. The van der Waals surface area contributed by atoms with Crippen LogP contribution in [0, 0.1) is 11.8 Å². The number of aromatic nitrogens is 3. The van der Waals surface area contributed by atoms with Crippen molar-refractivity contribution in [3.05, 3.63) is 34.3 Å². The minimum atomic E-state index is 0. The van der Waals surface area contributed by atoms with Crippen LogP contribution in [0.1, 0.15) is 15.4 Å². The highest BCUT2D eigenvalue weighted by Crippen LogP contribution is 2.27. The molecule has 0 spiro atoms. The van der Waals surface area contributed by atoms with Crippen LogP contribution >= 0.6 is 23.7 Å². The first-order valence-electron chi connectivity index (χ1n) is 7.22. The van der Waals surface area contributed by atoms with Gasteiger partial charge in [-0.05, 0) is 23.3 Å². The molecule has 1 N–H and O–H groups in total. The largest absolute Gasteiger partial charge is 0.337 e. The highest BCUT2D eigenvalue weighted by molar-refractivity contribution is 7.09. The number of likely N-dealkylation sites (tertiary alicyclic amines) is 1. The van der Waals surface area contributed by atoms with E-state index < -0.39 is 0 Å². The van der Waals surface area contributed by atoms with Gasteiger partial charge < -0.3 is 10.2 Å². The summed E-state index contributed by atoms with van der Waals surface area (Å²) in [6.45, 7) is 4.41. The normalized spacial score (nSPS) is 23.4. The molecule has 0 bridgehead atoms. The van der Waals surface area contributed by atoms with Crippen LogP contribution in [-0.4, -0.2) is 52.0 Å². The lowest BCUT2D eigenvalue weighted by molar-refractivity contribution is 0.0775. The van der Waals surface area contributed by atoms with E-state index in [0.29, 0.717) is 24.1 Å². The van der Waals surface area contributed by atoms with E-state index >= 15 is 0 Å². The first-order valence-corrected chi connectivity index (χ1v) is 8.10. The summed E-state index contributed by atoms with van der Waals surface area (Å²) in [5.41, 5.74) is 0.458. The van der Waals surface area contributed by atoms with Crippen molar-refractivity contribution in [2.24, 2.45) is 11.8 Å². The lowest BCUT2D eigenvalue weighted by Crippen LogP contribution is -2.32. The van der Waals surface area contributed by atoms with Gasteiger partial charge in [-0.1, -0.05) is 11.3 Å². The van der Waals surface area contributed by atoms with Gasteiger partial charge in [-0.15, -0.1) is 28.8 Å². The van der Waals surface area contributed by atoms with E-state index in [1.54, 1.807) is 22.2 Å². The van der Waals surface area contributed by atoms with Crippen LogP contribution in [0.5, 0.6) is 0 Å². The van der Waals surface area contributed by atoms with Gasteiger partial charge in [0, 0.05) is 31.1 Å². The van der Waals surface area contributed by atoms with Crippen LogP contribution in [0.4, 0.5) is 0 Å². The van der Waals surface area contributed by atoms with Crippen LogP contribution in [-0.2, 0) is 6.54 Å². The van der Waals surface area contributed by atoms with Crippen molar-refractivity contribution >= 4 is 29.7 Å². The van der Waals surface area contributed by atoms with Gasteiger partial charge in [-0.3, -0.25) is 4.79 Å². The van der Waals surface area contributed by atoms with Crippen molar-refractivity contribution in [3.63, 3.8) is 0 Å². The molecule has 4 rings (SSSR count). The molecule has 0 radical (unpaired) electrons. The van der Waals surface area contributed by atoms with E-state index in [9.17, 15) is 4.79 Å². The first kappa shape index (κ1) is 15.5. The topological polar surface area (TPSA) is 63.1 Å². The second kappa shape index (κ2) is 6.36. The summed E-state index contributed by atoms with van der Waals surface area (Å²) in [6.07, 6.45) is 1.76. The molecule has 2 aromatic heterocycles. The quantitative estimate of drug-likeness (QED) is 0.909. The molecule has 2 saturated heterocycles. The summed E-state index contributed by atoms with van der Waals surface area (Å²) >= 11 is 1.68. The van der Waals surface area contributed by atoms with Crippen LogP contribution in [0.2, 0.25) is 0 Å². The Labute approximate surface area is 138 Å². The lowest BCUT2D eigenvalue weighted by Gasteiger charge is -2.15. The van der Waals surface area contributed by atoms with Gasteiger partial charge in [0.1, 0.15) is 0 Å². The number of nitrogens with one attached hydrogen (secondary N) is 1. The smallest absolute Gasteiger partial charge is 0.276 e. The number of fused-ring (bicyclic) bond motifs is 1. The third-order valence-corrected chi connectivity index (χ3v) is 5.19. The molecule has 1 amide bonds. The zero-order valence-corrected chi connectivity index (χ0v) is 13.6. The van der Waals surface area contributed by atoms with Crippen molar-refractivity contribution in [1.29, 1.82) is 0 Å². The van der Waals surface area contributed by atoms with Crippen molar-refractivity contribution < 1.29 is 4.79 Å². The van der Waals surface area contributed by atoms with Crippen LogP contribution in [0.15, 0.2) is 23.7 Å². The Kier molecular flexibility index (Phi) is 4.46. The molecular formula is C14H18ClN5OS. The van der Waals surface area contributed by atoms with E-state index in [0.717, 1.165) is 26.2 Å². The Morgan fingerprint density at radius 2 is 2.14 bits per heavy atom. The number of nitrogens with zero attached hydrogens (tertiary/aromatic N) is 4. The summed E-state index contributed by atoms with van der Waals surface area (Å²) in [5.74, 6) is 1.23. The molecule has 0 aromatic carbocycles. The van der Waals surface area contributed by atoms with Crippen molar-refractivity contribution in [2.75, 3.05) is 26.2 Å². The van der Waals surface area contributed by atoms with Gasteiger partial charge >= 0.3 is 0 Å². The highest BCUT2D eigenvalue weighted by atomic mass is 35.5. The third-order valence-electron chi connectivity index (χ3n) is 4.33. The average molecular weight is 340 g/mol. The fourth-order valence-electron chi connectivity index (χ4n) is 3.22. The predicted octanol–water partition coefficient (Wildman–Crippen LogP) is 1.10. The number of halogens is 1. The molecule has 2 aliphatic rings. The standard InChI is InChI=1S/C14H17N5OS.ClH/c20-14(18-6-10-4-15-5-11(10)7-18)13-9-19(17-16-13)8-12-2-1-3-21-12;/h1-3,9-11,15H,4-8H2;1H/t10-,11+;. The fraction of sp³-hybridized carbons (Fsp3) is 0.500. The Morgan fingerprint density at radius 3 is 2.82 bits per heavy atom. The number of amides is 1. The maximum absolute atomic E-state index is 12.5. The van der Waals surface area contributed by atoms with Crippen molar-refractivity contribution in [3.8, 4) is 0 Å². The maximum Gasteiger partial charge on any atom is 0.276 e. The number of carbonyl (C=O) groups excluding carboxylic acids is 1. The second-order valence-corrected chi connectivity index (χ2v) is 6.80. The van der Waals surface area contributed by atoms with E-state index in [2.05, 4.69) is 21.7 Å². The fourth-order valence-corrected chi connectivity index (χ4v) is 3.91. The first-order chi connectivity index (χ1) is 10.3. The number of thiophene rings is 1. The number of hydrogen-bond donors (Lipinski definition) is 1. The summed E-state index contributed by atoms with van der Waals surface area (Å²) in [6, 6.07) is 4.07. The Bertz CT molecular complexity index is 631. The summed E-state index contributed by atoms with van der Waals surface area (Å²) < 4.78 is 1.73. The van der Waals surface area contributed by atoms with E-state index in [1.165, 1.54) is 4.88 Å². The second-order valence-electron chi connectivity index (χ2n) is 5.77.